The number of anilines is 1. The Bertz CT molecular complexity index is 1700. The molecule has 2 N–H and O–H groups in total. The van der Waals surface area contributed by atoms with E-state index in [9.17, 15) is 17.5 Å². The van der Waals surface area contributed by atoms with Crippen molar-refractivity contribution >= 4 is 50.8 Å². The summed E-state index contributed by atoms with van der Waals surface area (Å²) in [6, 6.07) is 17.1. The largest absolute Gasteiger partial charge is 0.344 e. The molecule has 0 aromatic heterocycles. The Morgan fingerprint density at radius 1 is 0.830 bits per heavy atom. The van der Waals surface area contributed by atoms with Crippen molar-refractivity contribution in [2.24, 2.45) is 0 Å². The second-order valence-electron chi connectivity index (χ2n) is 13.7. The van der Waals surface area contributed by atoms with Crippen molar-refractivity contribution in [1.82, 2.24) is 0 Å². The third-order valence-corrected chi connectivity index (χ3v) is 11.6. The molecule has 0 fully saturated rings. The Morgan fingerprint density at radius 2 is 1.49 bits per heavy atom. The van der Waals surface area contributed by atoms with Crippen molar-refractivity contribution in [2.75, 3.05) is 29.5 Å². The normalized spacial score (nSPS) is 21.6. The van der Waals surface area contributed by atoms with E-state index in [4.69, 9.17) is 11.6 Å². The lowest BCUT2D eigenvalue weighted by Crippen LogP contribution is -2.28. The first-order valence-electron chi connectivity index (χ1n) is 16.7. The molecule has 0 saturated carbocycles. The number of allylic oxidation sites excluding steroid dienone is 8. The highest BCUT2D eigenvalue weighted by molar-refractivity contribution is 7.79. The van der Waals surface area contributed by atoms with Crippen LogP contribution in [0.15, 0.2) is 94.7 Å². The van der Waals surface area contributed by atoms with Gasteiger partial charge in [-0.15, -0.1) is 0 Å². The van der Waals surface area contributed by atoms with E-state index in [-0.39, 0.29) is 10.8 Å². The van der Waals surface area contributed by atoms with Gasteiger partial charge < -0.3 is 14.0 Å². The number of fused-ring (bicyclic) bond motifs is 2. The molecule has 47 heavy (non-hydrogen) atoms. The predicted octanol–water partition coefficient (Wildman–Crippen LogP) is 8.91. The topological polar surface area (TPSA) is 80.9 Å². The Morgan fingerprint density at radius 3 is 2.21 bits per heavy atom. The number of unbranched alkanes of at least 4 members (excludes halogenated alkanes) is 2. The molecule has 2 aromatic carbocycles. The lowest BCUT2D eigenvalue weighted by atomic mass is 9.81. The molecule has 0 bridgehead atoms. The van der Waals surface area contributed by atoms with Crippen LogP contribution in [0.2, 0.25) is 0 Å². The number of nitrogens with zero attached hydrogens (tertiary/aromatic N) is 2. The molecule has 252 valence electrons. The summed E-state index contributed by atoms with van der Waals surface area (Å²) in [4.78, 5) is 2.37. The highest BCUT2D eigenvalue weighted by Gasteiger charge is 2.44. The van der Waals surface area contributed by atoms with E-state index in [1.165, 1.54) is 33.9 Å². The molecule has 0 radical (unpaired) electrons. The molecule has 3 aliphatic rings. The minimum Gasteiger partial charge on any atom is -0.344 e. The average molecular weight is 696 g/mol. The zero-order valence-corrected chi connectivity index (χ0v) is 30.4. The fourth-order valence-electron chi connectivity index (χ4n) is 7.32. The number of hydrogen-bond acceptors (Lipinski definition) is 3. The maximum Gasteiger partial charge on any atom is 0.209 e. The van der Waals surface area contributed by atoms with Crippen LogP contribution in [0.3, 0.4) is 0 Å². The maximum absolute atomic E-state index is 11.2. The quantitative estimate of drug-likeness (QED) is 0.124. The van der Waals surface area contributed by atoms with Gasteiger partial charge in [0, 0.05) is 64.0 Å². The SMILES string of the molecule is CC1(C)C(/C=C/C2=C(Cl)C(=C/C=C3/N(CCCCS(=O)O)c4ccccc4C3(C)C)/CCC2)=[N+](CCCCS(=O)O)c2ccccc21. The van der Waals surface area contributed by atoms with E-state index < -0.39 is 22.2 Å². The average Bonchev–Trinajstić information content (AvgIpc) is 3.38. The number of rotatable bonds is 13. The van der Waals surface area contributed by atoms with Crippen LogP contribution in [0.1, 0.15) is 83.8 Å². The van der Waals surface area contributed by atoms with Crippen molar-refractivity contribution in [3.8, 4) is 0 Å². The van der Waals surface area contributed by atoms with Crippen LogP contribution in [-0.2, 0) is 33.0 Å². The summed E-state index contributed by atoms with van der Waals surface area (Å²) in [7, 11) is 0. The van der Waals surface area contributed by atoms with Crippen LogP contribution in [0.4, 0.5) is 11.4 Å². The van der Waals surface area contributed by atoms with Gasteiger partial charge >= 0.3 is 0 Å². The Kier molecular flexibility index (Phi) is 11.6. The van der Waals surface area contributed by atoms with Gasteiger partial charge in [0.15, 0.2) is 27.9 Å². The molecule has 0 spiro atoms. The van der Waals surface area contributed by atoms with Crippen LogP contribution in [-0.4, -0.2) is 52.4 Å². The van der Waals surface area contributed by atoms with Gasteiger partial charge in [0.05, 0.1) is 5.41 Å². The first-order valence-corrected chi connectivity index (χ1v) is 19.6. The second kappa shape index (κ2) is 15.3. The van der Waals surface area contributed by atoms with E-state index in [1.807, 2.05) is 0 Å². The lowest BCUT2D eigenvalue weighted by Gasteiger charge is -2.27. The standard InChI is InChI=1S/C38H47ClN2O4S2/c1-37(2)30-16-5-7-18-32(30)40(24-9-11-26-46(42)43)34(37)22-20-28-14-13-15-29(36(28)39)21-23-35-38(3,4)31-17-6-8-19-33(31)41(35)25-10-12-27-47(44)45/h5-8,16-23H,9-15,24-27H2,1-4H3,(H-,42,43,44,45)/p+1. The van der Waals surface area contributed by atoms with Crippen molar-refractivity contribution < 1.29 is 22.1 Å². The van der Waals surface area contributed by atoms with Crippen molar-refractivity contribution in [1.29, 1.82) is 0 Å². The van der Waals surface area contributed by atoms with Gasteiger partial charge in [-0.2, -0.15) is 4.58 Å². The molecule has 2 heterocycles. The minimum absolute atomic E-state index is 0.184. The summed E-state index contributed by atoms with van der Waals surface area (Å²) in [5, 5.41) is 0.820. The van der Waals surface area contributed by atoms with Crippen molar-refractivity contribution in [2.45, 2.75) is 83.5 Å². The van der Waals surface area contributed by atoms with Crippen molar-refractivity contribution in [3.05, 3.63) is 106 Å². The summed E-state index contributed by atoms with van der Waals surface area (Å²) >= 11 is 3.63. The molecule has 5 rings (SSSR count). The van der Waals surface area contributed by atoms with Gasteiger partial charge in [0.2, 0.25) is 5.69 Å². The predicted molar refractivity (Wildman–Crippen MR) is 198 cm³/mol. The number of para-hydroxylation sites is 2. The molecule has 2 unspecified atom stereocenters. The fourth-order valence-corrected chi connectivity index (χ4v) is 8.54. The monoisotopic (exact) mass is 695 g/mol. The third kappa shape index (κ3) is 7.83. The maximum atomic E-state index is 11.2. The Hall–Kier alpha value is -2.62. The van der Waals surface area contributed by atoms with Crippen LogP contribution < -0.4 is 4.90 Å². The molecule has 0 saturated heterocycles. The van der Waals surface area contributed by atoms with Crippen LogP contribution >= 0.6 is 11.6 Å². The smallest absolute Gasteiger partial charge is 0.209 e. The minimum atomic E-state index is -1.77. The summed E-state index contributed by atoms with van der Waals surface area (Å²) in [6.45, 7) is 10.6. The summed E-state index contributed by atoms with van der Waals surface area (Å²) in [5.74, 6) is 0.593. The van der Waals surface area contributed by atoms with Gasteiger partial charge in [-0.05, 0) is 81.2 Å². The highest BCUT2D eigenvalue weighted by atomic mass is 35.5. The molecular formula is C38H48ClN2O4S2+. The van der Waals surface area contributed by atoms with Gasteiger partial charge in [0.25, 0.3) is 0 Å². The molecule has 2 aromatic rings. The summed E-state index contributed by atoms with van der Waals surface area (Å²) < 4.78 is 43.3. The van der Waals surface area contributed by atoms with Crippen LogP contribution in [0, 0.1) is 0 Å². The lowest BCUT2D eigenvalue weighted by molar-refractivity contribution is -0.438. The molecule has 2 aliphatic heterocycles. The zero-order chi connectivity index (χ0) is 33.8. The molecule has 1 aliphatic carbocycles. The molecule has 2 atom stereocenters. The molecule has 9 heteroatoms. The van der Waals surface area contributed by atoms with E-state index in [0.29, 0.717) is 24.3 Å². The number of benzene rings is 2. The van der Waals surface area contributed by atoms with E-state index in [0.717, 1.165) is 61.4 Å². The zero-order valence-electron chi connectivity index (χ0n) is 28.0. The highest BCUT2D eigenvalue weighted by Crippen LogP contribution is 2.48. The first-order chi connectivity index (χ1) is 22.4. The fraction of sp³-hybridized carbons (Fsp3) is 0.447. The molecule has 6 nitrogen and oxygen atoms in total. The van der Waals surface area contributed by atoms with E-state index >= 15 is 0 Å². The van der Waals surface area contributed by atoms with Gasteiger partial charge in [-0.1, -0.05) is 74.0 Å². The Balaban J connectivity index is 1.44. The summed E-state index contributed by atoms with van der Waals surface area (Å²) in [5.41, 5.74) is 9.31. The first kappa shape index (κ1) is 35.7. The van der Waals surface area contributed by atoms with E-state index in [2.05, 4.69) is 110 Å². The van der Waals surface area contributed by atoms with Crippen LogP contribution in [0.25, 0.3) is 0 Å². The van der Waals surface area contributed by atoms with E-state index in [1.54, 1.807) is 0 Å². The molecular weight excluding hydrogens is 648 g/mol. The van der Waals surface area contributed by atoms with Gasteiger partial charge in [-0.3, -0.25) is 0 Å². The third-order valence-electron chi connectivity index (χ3n) is 9.84. The molecule has 0 amide bonds. The van der Waals surface area contributed by atoms with Gasteiger partial charge in [-0.25, -0.2) is 8.42 Å². The number of halogens is 1. The summed E-state index contributed by atoms with van der Waals surface area (Å²) in [6.07, 6.45) is 14.8. The van der Waals surface area contributed by atoms with Crippen molar-refractivity contribution in [3.63, 3.8) is 0 Å². The number of hydrogen-bond donors (Lipinski definition) is 2. The second-order valence-corrected chi connectivity index (χ2v) is 16.2. The van der Waals surface area contributed by atoms with Crippen LogP contribution in [0.5, 0.6) is 0 Å². The van der Waals surface area contributed by atoms with Gasteiger partial charge in [0.1, 0.15) is 6.54 Å². The Labute approximate surface area is 290 Å².